The highest BCUT2D eigenvalue weighted by Gasteiger charge is 2.14. The largest absolute Gasteiger partial charge is 0.303 e. The molecule has 2 aromatic rings. The average Bonchev–Trinajstić information content (AvgIpc) is 2.44. The van der Waals surface area contributed by atoms with E-state index in [1.165, 1.54) is 6.07 Å². The Hall–Kier alpha value is -1.38. The fraction of sp³-hybridized carbons (Fsp3) is 0.294. The molecule has 0 spiro atoms. The van der Waals surface area contributed by atoms with Crippen LogP contribution in [0.1, 0.15) is 43.5 Å². The number of halogens is 2. The van der Waals surface area contributed by atoms with Gasteiger partial charge < -0.3 is 5.32 Å². The van der Waals surface area contributed by atoms with E-state index in [4.69, 9.17) is 11.6 Å². The fourth-order valence-corrected chi connectivity index (χ4v) is 2.55. The number of rotatable bonds is 5. The van der Waals surface area contributed by atoms with Crippen molar-refractivity contribution in [2.45, 2.75) is 32.4 Å². The van der Waals surface area contributed by atoms with Crippen molar-refractivity contribution < 1.29 is 4.39 Å². The highest BCUT2D eigenvalue weighted by molar-refractivity contribution is 6.30. The maximum absolute atomic E-state index is 13.3. The molecule has 0 saturated carbocycles. The van der Waals surface area contributed by atoms with Crippen LogP contribution < -0.4 is 5.32 Å². The number of hydrogen-bond donors (Lipinski definition) is 1. The summed E-state index contributed by atoms with van der Waals surface area (Å²) in [5.41, 5.74) is 2.11. The Morgan fingerprint density at radius 3 is 2.45 bits per heavy atom. The molecule has 0 amide bonds. The molecule has 3 heteroatoms. The molecule has 1 N–H and O–H groups in total. The van der Waals surface area contributed by atoms with Crippen molar-refractivity contribution in [2.24, 2.45) is 0 Å². The normalized spacial score (nSPS) is 14.0. The third-order valence-electron chi connectivity index (χ3n) is 3.46. The molecule has 106 valence electrons. The van der Waals surface area contributed by atoms with Crippen LogP contribution in [0.4, 0.5) is 4.39 Å². The predicted molar refractivity (Wildman–Crippen MR) is 82.4 cm³/mol. The van der Waals surface area contributed by atoms with Gasteiger partial charge in [0.1, 0.15) is 5.82 Å². The molecule has 1 nitrogen and oxygen atoms in total. The quantitative estimate of drug-likeness (QED) is 0.790. The summed E-state index contributed by atoms with van der Waals surface area (Å²) >= 11 is 6.02. The van der Waals surface area contributed by atoms with Gasteiger partial charge in [0.05, 0.1) is 0 Å². The van der Waals surface area contributed by atoms with Crippen molar-refractivity contribution in [2.75, 3.05) is 0 Å². The Labute approximate surface area is 124 Å². The maximum Gasteiger partial charge on any atom is 0.123 e. The molecule has 0 bridgehead atoms. The van der Waals surface area contributed by atoms with E-state index in [1.54, 1.807) is 12.1 Å². The van der Waals surface area contributed by atoms with E-state index < -0.39 is 0 Å². The minimum absolute atomic E-state index is 0.125. The van der Waals surface area contributed by atoms with Gasteiger partial charge in [0, 0.05) is 17.1 Å². The van der Waals surface area contributed by atoms with E-state index in [0.717, 1.165) is 22.6 Å². The Balaban J connectivity index is 2.14. The van der Waals surface area contributed by atoms with E-state index in [0.29, 0.717) is 0 Å². The second kappa shape index (κ2) is 6.87. The first-order valence-corrected chi connectivity index (χ1v) is 7.25. The van der Waals surface area contributed by atoms with E-state index in [2.05, 4.69) is 19.2 Å². The van der Waals surface area contributed by atoms with Gasteiger partial charge in [0.15, 0.2) is 0 Å². The van der Waals surface area contributed by atoms with E-state index in [9.17, 15) is 4.39 Å². The highest BCUT2D eigenvalue weighted by Crippen LogP contribution is 2.24. The SMILES string of the molecule is CCC(N[C@H](C)c1cccc(Cl)c1)c1cccc(F)c1. The van der Waals surface area contributed by atoms with Crippen LogP contribution in [0.3, 0.4) is 0 Å². The van der Waals surface area contributed by atoms with Gasteiger partial charge in [-0.15, -0.1) is 0 Å². The zero-order valence-electron chi connectivity index (χ0n) is 11.7. The molecule has 2 atom stereocenters. The van der Waals surface area contributed by atoms with Gasteiger partial charge >= 0.3 is 0 Å². The second-order valence-corrected chi connectivity index (χ2v) is 5.40. The molecule has 1 unspecified atom stereocenters. The Bertz CT molecular complexity index is 570. The molecule has 0 radical (unpaired) electrons. The van der Waals surface area contributed by atoms with Crippen molar-refractivity contribution in [3.05, 3.63) is 70.5 Å². The van der Waals surface area contributed by atoms with Crippen LogP contribution in [-0.2, 0) is 0 Å². The standard InChI is InChI=1S/C17H19ClFN/c1-3-17(14-7-5-9-16(19)11-14)20-12(2)13-6-4-8-15(18)10-13/h4-12,17,20H,3H2,1-2H3/t12-,17?/m1/s1. The molecule has 0 saturated heterocycles. The van der Waals surface area contributed by atoms with Crippen LogP contribution in [0.5, 0.6) is 0 Å². The molecule has 0 aliphatic heterocycles. The van der Waals surface area contributed by atoms with Crippen molar-refractivity contribution in [1.82, 2.24) is 5.32 Å². The first-order valence-electron chi connectivity index (χ1n) is 6.87. The molecule has 0 fully saturated rings. The monoisotopic (exact) mass is 291 g/mol. The summed E-state index contributed by atoms with van der Waals surface area (Å²) in [5, 5.41) is 4.26. The molecule has 2 rings (SSSR count). The van der Waals surface area contributed by atoms with Gasteiger partial charge in [-0.25, -0.2) is 4.39 Å². The average molecular weight is 292 g/mol. The van der Waals surface area contributed by atoms with Gasteiger partial charge in [0.2, 0.25) is 0 Å². The van der Waals surface area contributed by atoms with Gasteiger partial charge in [-0.3, -0.25) is 0 Å². The zero-order valence-corrected chi connectivity index (χ0v) is 12.5. The minimum atomic E-state index is -0.196. The van der Waals surface area contributed by atoms with Gasteiger partial charge in [-0.1, -0.05) is 42.8 Å². The lowest BCUT2D eigenvalue weighted by Crippen LogP contribution is -2.24. The molecule has 0 aromatic heterocycles. The van der Waals surface area contributed by atoms with Crippen LogP contribution in [0.25, 0.3) is 0 Å². The van der Waals surface area contributed by atoms with Crippen molar-refractivity contribution >= 4 is 11.6 Å². The summed E-state index contributed by atoms with van der Waals surface area (Å²) in [7, 11) is 0. The summed E-state index contributed by atoms with van der Waals surface area (Å²) in [6.07, 6.45) is 0.897. The van der Waals surface area contributed by atoms with Crippen molar-refractivity contribution in [3.8, 4) is 0 Å². The second-order valence-electron chi connectivity index (χ2n) is 4.96. The van der Waals surface area contributed by atoms with Crippen LogP contribution in [0.2, 0.25) is 5.02 Å². The van der Waals surface area contributed by atoms with Crippen molar-refractivity contribution in [3.63, 3.8) is 0 Å². The van der Waals surface area contributed by atoms with Crippen LogP contribution in [0.15, 0.2) is 48.5 Å². The molecule has 20 heavy (non-hydrogen) atoms. The smallest absolute Gasteiger partial charge is 0.123 e. The summed E-state index contributed by atoms with van der Waals surface area (Å²) in [6.45, 7) is 4.18. The zero-order chi connectivity index (χ0) is 14.5. The Kier molecular flexibility index (Phi) is 5.16. The topological polar surface area (TPSA) is 12.0 Å². The molecular weight excluding hydrogens is 273 g/mol. The van der Waals surface area contributed by atoms with Gasteiger partial charge in [-0.05, 0) is 48.7 Å². The van der Waals surface area contributed by atoms with Crippen LogP contribution >= 0.6 is 11.6 Å². The lowest BCUT2D eigenvalue weighted by molar-refractivity contribution is 0.454. The molecule has 2 aromatic carbocycles. The third kappa shape index (κ3) is 3.81. The number of hydrogen-bond acceptors (Lipinski definition) is 1. The van der Waals surface area contributed by atoms with Crippen molar-refractivity contribution in [1.29, 1.82) is 0 Å². The first-order chi connectivity index (χ1) is 9.60. The third-order valence-corrected chi connectivity index (χ3v) is 3.69. The summed E-state index contributed by atoms with van der Waals surface area (Å²) < 4.78 is 13.3. The Morgan fingerprint density at radius 2 is 1.80 bits per heavy atom. The number of benzene rings is 2. The first kappa shape index (κ1) is 15.0. The molecule has 0 aliphatic carbocycles. The minimum Gasteiger partial charge on any atom is -0.303 e. The van der Waals surface area contributed by atoms with Gasteiger partial charge in [-0.2, -0.15) is 0 Å². The molecule has 0 aliphatic rings. The van der Waals surface area contributed by atoms with E-state index >= 15 is 0 Å². The lowest BCUT2D eigenvalue weighted by atomic mass is 10.0. The van der Waals surface area contributed by atoms with E-state index in [1.807, 2.05) is 30.3 Å². The summed E-state index contributed by atoms with van der Waals surface area (Å²) in [5.74, 6) is -0.196. The lowest BCUT2D eigenvalue weighted by Gasteiger charge is -2.23. The van der Waals surface area contributed by atoms with Crippen LogP contribution in [0, 0.1) is 5.82 Å². The maximum atomic E-state index is 13.3. The Morgan fingerprint density at radius 1 is 1.10 bits per heavy atom. The van der Waals surface area contributed by atoms with Gasteiger partial charge in [0.25, 0.3) is 0 Å². The number of nitrogens with one attached hydrogen (secondary N) is 1. The predicted octanol–water partition coefficient (Wildman–Crippen LogP) is 5.28. The summed E-state index contributed by atoms with van der Waals surface area (Å²) in [4.78, 5) is 0. The highest BCUT2D eigenvalue weighted by atomic mass is 35.5. The molecular formula is C17H19ClFN. The molecule has 0 heterocycles. The summed E-state index contributed by atoms with van der Waals surface area (Å²) in [6, 6.07) is 14.8. The van der Waals surface area contributed by atoms with Crippen LogP contribution in [-0.4, -0.2) is 0 Å². The fourth-order valence-electron chi connectivity index (χ4n) is 2.35. The van der Waals surface area contributed by atoms with E-state index in [-0.39, 0.29) is 17.9 Å².